The third kappa shape index (κ3) is 2.03. The molecule has 1 aliphatic rings. The molecule has 0 aromatic carbocycles. The van der Waals surface area contributed by atoms with Gasteiger partial charge in [0, 0.05) is 25.4 Å². The minimum atomic E-state index is 0.180. The van der Waals surface area contributed by atoms with Crippen molar-refractivity contribution >= 4 is 5.91 Å². The average Bonchev–Trinajstić information content (AvgIpc) is 2.88. The van der Waals surface area contributed by atoms with E-state index >= 15 is 0 Å². The predicted octanol–water partition coefficient (Wildman–Crippen LogP) is 1.87. The van der Waals surface area contributed by atoms with Crippen LogP contribution in [-0.4, -0.2) is 27.3 Å². The van der Waals surface area contributed by atoms with Gasteiger partial charge in [-0.25, -0.2) is 4.98 Å². The summed E-state index contributed by atoms with van der Waals surface area (Å²) in [6.07, 6.45) is 7.24. The molecule has 1 fully saturated rings. The number of carbonyl (C=O) groups is 1. The van der Waals surface area contributed by atoms with E-state index in [4.69, 9.17) is 0 Å². The summed E-state index contributed by atoms with van der Waals surface area (Å²) in [5, 5.41) is 0. The van der Waals surface area contributed by atoms with E-state index in [0.717, 1.165) is 31.6 Å². The number of aromatic nitrogens is 2. The highest BCUT2D eigenvalue weighted by atomic mass is 16.2. The Morgan fingerprint density at radius 1 is 1.73 bits per heavy atom. The third-order valence-electron chi connectivity index (χ3n) is 2.87. The lowest BCUT2D eigenvalue weighted by molar-refractivity contribution is -0.132. The smallest absolute Gasteiger partial charge is 0.223 e. The topological polar surface area (TPSA) is 49.0 Å². The number of likely N-dealkylation sites (tertiary alicyclic amines) is 1. The molecule has 0 saturated carbocycles. The van der Waals surface area contributed by atoms with Crippen LogP contribution in [0.15, 0.2) is 12.4 Å². The average molecular weight is 207 g/mol. The Labute approximate surface area is 89.7 Å². The molecule has 1 aliphatic heterocycles. The third-order valence-corrected chi connectivity index (χ3v) is 2.87. The maximum Gasteiger partial charge on any atom is 0.223 e. The zero-order chi connectivity index (χ0) is 10.7. The molecule has 1 unspecified atom stereocenters. The van der Waals surface area contributed by atoms with Crippen LogP contribution in [0.5, 0.6) is 0 Å². The van der Waals surface area contributed by atoms with Crippen molar-refractivity contribution in [2.45, 2.75) is 38.6 Å². The van der Waals surface area contributed by atoms with Crippen molar-refractivity contribution in [1.82, 2.24) is 14.9 Å². The monoisotopic (exact) mass is 207 g/mol. The second kappa shape index (κ2) is 4.47. The number of nitrogens with zero attached hydrogens (tertiary/aromatic N) is 2. The number of hydrogen-bond acceptors (Lipinski definition) is 2. The fourth-order valence-corrected chi connectivity index (χ4v) is 2.17. The zero-order valence-corrected chi connectivity index (χ0v) is 9.07. The van der Waals surface area contributed by atoms with Crippen molar-refractivity contribution in [2.75, 3.05) is 6.54 Å². The second-order valence-electron chi connectivity index (χ2n) is 3.97. The molecule has 4 nitrogen and oxygen atoms in total. The molecule has 1 saturated heterocycles. The molecule has 1 atom stereocenters. The Hall–Kier alpha value is -1.32. The second-order valence-corrected chi connectivity index (χ2v) is 3.97. The first-order valence-electron chi connectivity index (χ1n) is 5.61. The fraction of sp³-hybridized carbons (Fsp3) is 0.636. The van der Waals surface area contributed by atoms with Crippen LogP contribution in [0, 0.1) is 0 Å². The van der Waals surface area contributed by atoms with Gasteiger partial charge in [-0.3, -0.25) is 4.79 Å². The highest BCUT2D eigenvalue weighted by molar-refractivity contribution is 5.76. The first-order chi connectivity index (χ1) is 7.33. The van der Waals surface area contributed by atoms with E-state index in [1.807, 2.05) is 18.0 Å². The van der Waals surface area contributed by atoms with E-state index < -0.39 is 0 Å². The molecule has 1 aromatic rings. The standard InChI is InChI=1S/C11H17N3O/c1-2-4-10(15)14-8-3-5-9(14)11-12-6-7-13-11/h6-7,9H,2-5,8H2,1H3,(H,12,13). The number of rotatable bonds is 3. The van der Waals surface area contributed by atoms with E-state index in [-0.39, 0.29) is 11.9 Å². The molecule has 0 bridgehead atoms. The molecule has 2 heterocycles. The summed E-state index contributed by atoms with van der Waals surface area (Å²) in [4.78, 5) is 21.1. The summed E-state index contributed by atoms with van der Waals surface area (Å²) < 4.78 is 0. The van der Waals surface area contributed by atoms with Crippen LogP contribution in [0.1, 0.15) is 44.5 Å². The SMILES string of the molecule is CCCC(=O)N1CCCC1c1ncc[nH]1. The van der Waals surface area contributed by atoms with Crippen LogP contribution in [0.2, 0.25) is 0 Å². The van der Waals surface area contributed by atoms with E-state index in [1.54, 1.807) is 6.20 Å². The quantitative estimate of drug-likeness (QED) is 0.822. The van der Waals surface area contributed by atoms with E-state index in [1.165, 1.54) is 0 Å². The highest BCUT2D eigenvalue weighted by Crippen LogP contribution is 2.30. The largest absolute Gasteiger partial charge is 0.347 e. The Balaban J connectivity index is 2.08. The minimum Gasteiger partial charge on any atom is -0.347 e. The molecular formula is C11H17N3O. The van der Waals surface area contributed by atoms with Crippen molar-refractivity contribution < 1.29 is 4.79 Å². The number of imidazole rings is 1. The van der Waals surface area contributed by atoms with Crippen molar-refractivity contribution in [3.8, 4) is 0 Å². The molecule has 0 spiro atoms. The van der Waals surface area contributed by atoms with Gasteiger partial charge in [-0.2, -0.15) is 0 Å². The van der Waals surface area contributed by atoms with Crippen LogP contribution in [0.4, 0.5) is 0 Å². The number of hydrogen-bond donors (Lipinski definition) is 1. The van der Waals surface area contributed by atoms with Gasteiger partial charge < -0.3 is 9.88 Å². The van der Waals surface area contributed by atoms with Gasteiger partial charge in [-0.15, -0.1) is 0 Å². The lowest BCUT2D eigenvalue weighted by Crippen LogP contribution is -2.30. The summed E-state index contributed by atoms with van der Waals surface area (Å²) in [7, 11) is 0. The summed E-state index contributed by atoms with van der Waals surface area (Å²) in [5.41, 5.74) is 0. The van der Waals surface area contributed by atoms with E-state index in [2.05, 4.69) is 9.97 Å². The normalized spacial score (nSPS) is 20.9. The number of amides is 1. The van der Waals surface area contributed by atoms with Gasteiger partial charge >= 0.3 is 0 Å². The Bertz CT molecular complexity index is 321. The predicted molar refractivity (Wildman–Crippen MR) is 57.2 cm³/mol. The van der Waals surface area contributed by atoms with Crippen molar-refractivity contribution in [3.63, 3.8) is 0 Å². The van der Waals surface area contributed by atoms with Crippen LogP contribution in [0.25, 0.3) is 0 Å². The van der Waals surface area contributed by atoms with Crippen molar-refractivity contribution in [2.24, 2.45) is 0 Å². The van der Waals surface area contributed by atoms with Gasteiger partial charge in [0.2, 0.25) is 5.91 Å². The summed E-state index contributed by atoms with van der Waals surface area (Å²) in [6.45, 7) is 2.92. The molecule has 1 amide bonds. The molecule has 2 rings (SSSR count). The lowest BCUT2D eigenvalue weighted by atomic mass is 10.2. The summed E-state index contributed by atoms with van der Waals surface area (Å²) >= 11 is 0. The molecule has 0 radical (unpaired) electrons. The molecule has 0 aliphatic carbocycles. The van der Waals surface area contributed by atoms with Gasteiger partial charge in [-0.1, -0.05) is 6.92 Å². The lowest BCUT2D eigenvalue weighted by Gasteiger charge is -2.22. The van der Waals surface area contributed by atoms with Crippen LogP contribution in [0.3, 0.4) is 0 Å². The molecule has 1 N–H and O–H groups in total. The zero-order valence-electron chi connectivity index (χ0n) is 9.07. The Morgan fingerprint density at radius 3 is 3.27 bits per heavy atom. The van der Waals surface area contributed by atoms with E-state index in [9.17, 15) is 4.79 Å². The first kappa shape index (κ1) is 10.2. The van der Waals surface area contributed by atoms with Crippen LogP contribution >= 0.6 is 0 Å². The maximum absolute atomic E-state index is 11.8. The molecular weight excluding hydrogens is 190 g/mol. The van der Waals surface area contributed by atoms with E-state index in [0.29, 0.717) is 6.42 Å². The fourth-order valence-electron chi connectivity index (χ4n) is 2.17. The summed E-state index contributed by atoms with van der Waals surface area (Å²) in [6, 6.07) is 0.180. The van der Waals surface area contributed by atoms with Gasteiger partial charge in [-0.05, 0) is 19.3 Å². The molecule has 4 heteroatoms. The minimum absolute atomic E-state index is 0.180. The number of nitrogens with one attached hydrogen (secondary N) is 1. The number of aromatic amines is 1. The summed E-state index contributed by atoms with van der Waals surface area (Å²) in [5.74, 6) is 1.19. The highest BCUT2D eigenvalue weighted by Gasteiger charge is 2.30. The number of H-pyrrole nitrogens is 1. The van der Waals surface area contributed by atoms with Crippen LogP contribution in [-0.2, 0) is 4.79 Å². The van der Waals surface area contributed by atoms with Gasteiger partial charge in [0.1, 0.15) is 5.82 Å². The Morgan fingerprint density at radius 2 is 2.60 bits per heavy atom. The van der Waals surface area contributed by atoms with Crippen LogP contribution < -0.4 is 0 Å². The van der Waals surface area contributed by atoms with Gasteiger partial charge in [0.05, 0.1) is 6.04 Å². The van der Waals surface area contributed by atoms with Crippen molar-refractivity contribution in [1.29, 1.82) is 0 Å². The first-order valence-corrected chi connectivity index (χ1v) is 5.61. The molecule has 1 aromatic heterocycles. The van der Waals surface area contributed by atoms with Gasteiger partial charge in [0.15, 0.2) is 0 Å². The molecule has 15 heavy (non-hydrogen) atoms. The Kier molecular flexibility index (Phi) is 3.04. The molecule has 82 valence electrons. The van der Waals surface area contributed by atoms with Crippen molar-refractivity contribution in [3.05, 3.63) is 18.2 Å². The maximum atomic E-state index is 11.8. The van der Waals surface area contributed by atoms with Gasteiger partial charge in [0.25, 0.3) is 0 Å². The number of carbonyl (C=O) groups excluding carboxylic acids is 1.